The Morgan fingerprint density at radius 1 is 1.07 bits per heavy atom. The number of halogens is 2. The number of fused-ring (bicyclic) bond motifs is 4. The molecule has 4 aromatic rings. The van der Waals surface area contributed by atoms with Crippen LogP contribution in [-0.2, 0) is 11.3 Å². The second-order valence-corrected chi connectivity index (χ2v) is 13.6. The maximum Gasteiger partial charge on any atom is 0.272 e. The molecule has 4 aliphatic rings. The van der Waals surface area contributed by atoms with E-state index in [1.54, 1.807) is 39.7 Å². The molecule has 3 heterocycles. The minimum absolute atomic E-state index is 0.0238. The highest BCUT2D eigenvalue weighted by atomic mass is 35.5. The van der Waals surface area contributed by atoms with Crippen LogP contribution in [0, 0.1) is 17.3 Å². The fraction of sp³-hybridized carbons (Fsp3) is 0.429. The van der Waals surface area contributed by atoms with Crippen molar-refractivity contribution >= 4 is 40.0 Å². The van der Waals surface area contributed by atoms with Crippen LogP contribution in [0.5, 0.6) is 5.75 Å². The standard InChI is InChI=1S/C35H34Cl2N4O4/c1-41(2)33(42)28-17-29(43-3)23-16-21(4-7-27(23)39-28)8-9-34-10-13-35(14-11-34,15-12-34)44-20-24-31(40-45-32(24)22-5-6-22)30-25(36)18-38-19-26(30)37/h4,7,16-19,22H,5-6,10-15,20H2,1-3H3. The molecule has 0 spiro atoms. The topological polar surface area (TPSA) is 90.6 Å². The number of nitrogens with zero attached hydrogens (tertiary/aromatic N) is 4. The average Bonchev–Trinajstić information content (AvgIpc) is 3.82. The summed E-state index contributed by atoms with van der Waals surface area (Å²) in [6.45, 7) is 0.410. The van der Waals surface area contributed by atoms with E-state index in [4.69, 9.17) is 37.2 Å². The third-order valence-corrected chi connectivity index (χ3v) is 10.2. The minimum Gasteiger partial charge on any atom is -0.496 e. The number of hydrogen-bond donors (Lipinski definition) is 0. The summed E-state index contributed by atoms with van der Waals surface area (Å²) in [5.74, 6) is 8.82. The van der Waals surface area contributed by atoms with Crippen LogP contribution in [0.25, 0.3) is 22.2 Å². The van der Waals surface area contributed by atoms with Crippen molar-refractivity contribution in [3.05, 3.63) is 69.3 Å². The van der Waals surface area contributed by atoms with Crippen molar-refractivity contribution in [3.63, 3.8) is 0 Å². The van der Waals surface area contributed by atoms with Gasteiger partial charge in [-0.3, -0.25) is 9.78 Å². The van der Waals surface area contributed by atoms with Crippen LogP contribution in [-0.4, -0.2) is 52.7 Å². The first-order chi connectivity index (χ1) is 21.7. The number of methoxy groups -OCH3 is 1. The number of aromatic nitrogens is 3. The molecule has 0 saturated heterocycles. The van der Waals surface area contributed by atoms with Crippen LogP contribution in [0.2, 0.25) is 10.0 Å². The number of benzene rings is 1. The molecule has 0 radical (unpaired) electrons. The highest BCUT2D eigenvalue weighted by molar-refractivity contribution is 6.38. The number of hydrogen-bond acceptors (Lipinski definition) is 7. The van der Waals surface area contributed by atoms with Crippen LogP contribution >= 0.6 is 23.2 Å². The van der Waals surface area contributed by atoms with Gasteiger partial charge in [-0.2, -0.15) is 0 Å². The van der Waals surface area contributed by atoms with Gasteiger partial charge < -0.3 is 18.9 Å². The maximum absolute atomic E-state index is 12.5. The lowest BCUT2D eigenvalue weighted by molar-refractivity contribution is -0.131. The quantitative estimate of drug-likeness (QED) is 0.189. The first kappa shape index (κ1) is 30.0. The molecule has 0 unspecified atom stereocenters. The zero-order valence-electron chi connectivity index (χ0n) is 25.6. The number of amides is 1. The Morgan fingerprint density at radius 3 is 2.42 bits per heavy atom. The van der Waals surface area contributed by atoms with Gasteiger partial charge in [0, 0.05) is 66.0 Å². The lowest BCUT2D eigenvalue weighted by Gasteiger charge is -2.51. The van der Waals surface area contributed by atoms with Crippen molar-refractivity contribution < 1.29 is 18.8 Å². The van der Waals surface area contributed by atoms with Crippen LogP contribution in [0.15, 0.2) is 41.2 Å². The van der Waals surface area contributed by atoms with E-state index in [9.17, 15) is 4.79 Å². The van der Waals surface area contributed by atoms with E-state index in [1.165, 1.54) is 4.90 Å². The molecule has 3 aromatic heterocycles. The highest BCUT2D eigenvalue weighted by Crippen LogP contribution is 2.54. The van der Waals surface area contributed by atoms with Gasteiger partial charge in [-0.15, -0.1) is 0 Å². The molecular weight excluding hydrogens is 611 g/mol. The number of ether oxygens (including phenoxy) is 2. The molecular formula is C35H34Cl2N4O4. The molecule has 8 nitrogen and oxygen atoms in total. The first-order valence-electron chi connectivity index (χ1n) is 15.4. The summed E-state index contributed by atoms with van der Waals surface area (Å²) in [7, 11) is 5.02. The molecule has 2 bridgehead atoms. The second-order valence-electron chi connectivity index (χ2n) is 12.8. The van der Waals surface area contributed by atoms with Gasteiger partial charge >= 0.3 is 0 Å². The van der Waals surface area contributed by atoms with E-state index in [0.717, 1.165) is 73.6 Å². The molecule has 1 aromatic carbocycles. The van der Waals surface area contributed by atoms with Crippen LogP contribution in [0.1, 0.15) is 84.7 Å². The number of carbonyl (C=O) groups excluding carboxylic acids is 1. The third kappa shape index (κ3) is 5.67. The average molecular weight is 646 g/mol. The predicted molar refractivity (Wildman–Crippen MR) is 173 cm³/mol. The smallest absolute Gasteiger partial charge is 0.272 e. The van der Waals surface area contributed by atoms with Crippen molar-refractivity contribution in [1.82, 2.24) is 20.0 Å². The minimum atomic E-state index is -0.186. The van der Waals surface area contributed by atoms with Crippen molar-refractivity contribution in [3.8, 4) is 28.8 Å². The van der Waals surface area contributed by atoms with Crippen LogP contribution < -0.4 is 4.74 Å². The summed E-state index contributed by atoms with van der Waals surface area (Å²) in [6.07, 6.45) is 11.2. The van der Waals surface area contributed by atoms with E-state index in [2.05, 4.69) is 27.0 Å². The van der Waals surface area contributed by atoms with Gasteiger partial charge in [0.2, 0.25) is 0 Å². The van der Waals surface area contributed by atoms with Crippen molar-refractivity contribution in [2.45, 2.75) is 69.5 Å². The SMILES string of the molecule is COc1cc(C(=O)N(C)C)nc2ccc(C#CC34CCC(OCc5c(-c6c(Cl)cncc6Cl)noc5C5CC5)(CC3)CC4)cc12. The van der Waals surface area contributed by atoms with Crippen molar-refractivity contribution in [2.24, 2.45) is 5.41 Å². The summed E-state index contributed by atoms with van der Waals surface area (Å²) in [6, 6.07) is 7.58. The predicted octanol–water partition coefficient (Wildman–Crippen LogP) is 7.84. The molecule has 4 saturated carbocycles. The highest BCUT2D eigenvalue weighted by Gasteiger charge is 2.49. The van der Waals surface area contributed by atoms with Crippen LogP contribution in [0.3, 0.4) is 0 Å². The zero-order valence-corrected chi connectivity index (χ0v) is 27.1. The molecule has 1 amide bonds. The van der Waals surface area contributed by atoms with Crippen LogP contribution in [0.4, 0.5) is 0 Å². The summed E-state index contributed by atoms with van der Waals surface area (Å²) < 4.78 is 18.3. The molecule has 232 valence electrons. The maximum atomic E-state index is 12.5. The lowest BCUT2D eigenvalue weighted by Crippen LogP contribution is -2.47. The second kappa shape index (κ2) is 11.6. The van der Waals surface area contributed by atoms with E-state index in [-0.39, 0.29) is 16.9 Å². The van der Waals surface area contributed by atoms with E-state index in [0.29, 0.717) is 50.8 Å². The fourth-order valence-corrected chi connectivity index (χ4v) is 7.27. The fourth-order valence-electron chi connectivity index (χ4n) is 6.73. The summed E-state index contributed by atoms with van der Waals surface area (Å²) >= 11 is 13.0. The summed E-state index contributed by atoms with van der Waals surface area (Å²) in [5.41, 5.74) is 4.00. The van der Waals surface area contributed by atoms with Crippen molar-refractivity contribution in [2.75, 3.05) is 21.2 Å². The van der Waals surface area contributed by atoms with E-state index >= 15 is 0 Å². The molecule has 4 fully saturated rings. The van der Waals surface area contributed by atoms with Gasteiger partial charge in [0.25, 0.3) is 5.91 Å². The van der Waals surface area contributed by atoms with Crippen molar-refractivity contribution in [1.29, 1.82) is 0 Å². The van der Waals surface area contributed by atoms with Gasteiger partial charge in [0.1, 0.15) is 22.9 Å². The Hall–Kier alpha value is -3.64. The molecule has 45 heavy (non-hydrogen) atoms. The third-order valence-electron chi connectivity index (χ3n) is 9.65. The Labute approximate surface area is 272 Å². The van der Waals surface area contributed by atoms with E-state index in [1.807, 2.05) is 18.2 Å². The molecule has 8 rings (SSSR count). The van der Waals surface area contributed by atoms with Gasteiger partial charge in [0.05, 0.1) is 34.9 Å². The van der Waals surface area contributed by atoms with Gasteiger partial charge in [-0.05, 0) is 69.6 Å². The monoisotopic (exact) mass is 644 g/mol. The Kier molecular flexibility index (Phi) is 7.76. The summed E-state index contributed by atoms with van der Waals surface area (Å²) in [4.78, 5) is 22.7. The number of rotatable bonds is 7. The molecule has 0 N–H and O–H groups in total. The number of carbonyl (C=O) groups is 1. The van der Waals surface area contributed by atoms with Gasteiger partial charge in [0.15, 0.2) is 0 Å². The Morgan fingerprint density at radius 2 is 1.78 bits per heavy atom. The normalized spacial score (nSPS) is 22.2. The molecule has 0 aliphatic heterocycles. The lowest BCUT2D eigenvalue weighted by atomic mass is 9.59. The molecule has 0 atom stereocenters. The van der Waals surface area contributed by atoms with Gasteiger partial charge in [-0.1, -0.05) is 40.2 Å². The number of pyridine rings is 2. The van der Waals surface area contributed by atoms with E-state index < -0.39 is 0 Å². The zero-order chi connectivity index (χ0) is 31.3. The largest absolute Gasteiger partial charge is 0.496 e. The van der Waals surface area contributed by atoms with Gasteiger partial charge in [-0.25, -0.2) is 4.98 Å². The first-order valence-corrected chi connectivity index (χ1v) is 16.1. The Balaban J connectivity index is 1.07. The Bertz CT molecular complexity index is 1830. The summed E-state index contributed by atoms with van der Waals surface area (Å²) in [5, 5.41) is 6.14. The molecule has 4 aliphatic carbocycles. The molecule has 10 heteroatoms.